The number of ether oxygens (including phenoxy) is 2. The number of hydrogen-bond acceptors (Lipinski definition) is 8. The molecule has 9 nitrogen and oxygen atoms in total. The van der Waals surface area contributed by atoms with Gasteiger partial charge in [0.05, 0.1) is 4.92 Å². The Kier molecular flexibility index (Phi) is 5.62. The summed E-state index contributed by atoms with van der Waals surface area (Å²) in [6.45, 7) is -0.580. The minimum absolute atomic E-state index is 0.0724. The molecule has 138 valence electrons. The molecule has 1 aromatic heterocycles. The maximum atomic E-state index is 11.7. The highest BCUT2D eigenvalue weighted by molar-refractivity contribution is 6.30. The highest BCUT2D eigenvalue weighted by atomic mass is 35.5. The SMILES string of the molecule is O=C(COc1ccc([N+](=O)[O-])cc1)OCc1nc(-c2cccc(Cl)c2)no1. The van der Waals surface area contributed by atoms with Crippen LogP contribution < -0.4 is 4.74 Å². The number of carbonyl (C=O) groups excluding carboxylic acids is 1. The van der Waals surface area contributed by atoms with Crippen LogP contribution in [0.2, 0.25) is 5.02 Å². The first-order valence-corrected chi connectivity index (χ1v) is 8.00. The van der Waals surface area contributed by atoms with Gasteiger partial charge in [-0.25, -0.2) is 4.79 Å². The predicted molar refractivity (Wildman–Crippen MR) is 93.1 cm³/mol. The first kappa shape index (κ1) is 18.3. The molecule has 3 aromatic rings. The summed E-state index contributed by atoms with van der Waals surface area (Å²) in [5.41, 5.74) is 0.599. The molecule has 0 radical (unpaired) electrons. The van der Waals surface area contributed by atoms with E-state index in [-0.39, 0.29) is 24.8 Å². The van der Waals surface area contributed by atoms with Crippen molar-refractivity contribution < 1.29 is 23.7 Å². The summed E-state index contributed by atoms with van der Waals surface area (Å²) in [5, 5.41) is 14.9. The van der Waals surface area contributed by atoms with E-state index in [4.69, 9.17) is 25.6 Å². The number of halogens is 1. The second-order valence-corrected chi connectivity index (χ2v) is 5.66. The molecule has 0 fully saturated rings. The summed E-state index contributed by atoms with van der Waals surface area (Å²) in [7, 11) is 0. The van der Waals surface area contributed by atoms with Gasteiger partial charge in [0.2, 0.25) is 5.82 Å². The Labute approximate surface area is 157 Å². The minimum Gasteiger partial charge on any atom is -0.482 e. The topological polar surface area (TPSA) is 118 Å². The van der Waals surface area contributed by atoms with Gasteiger partial charge in [-0.05, 0) is 24.3 Å². The number of aromatic nitrogens is 2. The zero-order valence-corrected chi connectivity index (χ0v) is 14.5. The average Bonchev–Trinajstić information content (AvgIpc) is 3.14. The van der Waals surface area contributed by atoms with Crippen LogP contribution in [-0.4, -0.2) is 27.6 Å². The van der Waals surface area contributed by atoms with Gasteiger partial charge < -0.3 is 14.0 Å². The molecule has 0 amide bonds. The van der Waals surface area contributed by atoms with Crippen molar-refractivity contribution in [1.29, 1.82) is 0 Å². The predicted octanol–water partition coefficient (Wildman–Crippen LogP) is 3.42. The Morgan fingerprint density at radius 2 is 2.00 bits per heavy atom. The van der Waals surface area contributed by atoms with E-state index in [0.717, 1.165) is 0 Å². The molecule has 0 aliphatic rings. The quantitative estimate of drug-likeness (QED) is 0.342. The van der Waals surface area contributed by atoms with Gasteiger partial charge in [0.1, 0.15) is 5.75 Å². The van der Waals surface area contributed by atoms with Gasteiger partial charge in [0, 0.05) is 22.7 Å². The van der Waals surface area contributed by atoms with Gasteiger partial charge in [-0.2, -0.15) is 4.98 Å². The lowest BCUT2D eigenvalue weighted by Gasteiger charge is -2.05. The molecule has 0 saturated carbocycles. The summed E-state index contributed by atoms with van der Waals surface area (Å²) >= 11 is 5.91. The number of non-ortho nitro benzene ring substituents is 1. The third kappa shape index (κ3) is 5.02. The summed E-state index contributed by atoms with van der Waals surface area (Å²) in [6, 6.07) is 12.3. The fourth-order valence-corrected chi connectivity index (χ4v) is 2.24. The molecule has 0 unspecified atom stereocenters. The van der Waals surface area contributed by atoms with Crippen LogP contribution in [0.3, 0.4) is 0 Å². The summed E-state index contributed by atoms with van der Waals surface area (Å²) < 4.78 is 15.2. The van der Waals surface area contributed by atoms with Gasteiger partial charge in [-0.15, -0.1) is 0 Å². The zero-order chi connectivity index (χ0) is 19.2. The van der Waals surface area contributed by atoms with E-state index in [1.807, 2.05) is 0 Å². The molecule has 0 spiro atoms. The van der Waals surface area contributed by atoms with Crippen molar-refractivity contribution in [2.75, 3.05) is 6.61 Å². The van der Waals surface area contributed by atoms with Crippen LogP contribution >= 0.6 is 11.6 Å². The van der Waals surface area contributed by atoms with E-state index >= 15 is 0 Å². The van der Waals surface area contributed by atoms with Crippen LogP contribution in [0.5, 0.6) is 5.75 Å². The number of hydrogen-bond donors (Lipinski definition) is 0. The number of rotatable bonds is 7. The second kappa shape index (κ2) is 8.28. The van der Waals surface area contributed by atoms with E-state index in [2.05, 4.69) is 10.1 Å². The molecule has 3 rings (SSSR count). The summed E-state index contributed by atoms with van der Waals surface area (Å²) in [6.07, 6.45) is 0. The fourth-order valence-electron chi connectivity index (χ4n) is 2.05. The van der Waals surface area contributed by atoms with Gasteiger partial charge in [-0.1, -0.05) is 28.9 Å². The number of nitrogens with zero attached hydrogens (tertiary/aromatic N) is 3. The van der Waals surface area contributed by atoms with Crippen LogP contribution in [-0.2, 0) is 16.1 Å². The third-order valence-corrected chi connectivity index (χ3v) is 3.55. The van der Waals surface area contributed by atoms with Crippen molar-refractivity contribution in [3.8, 4) is 17.1 Å². The van der Waals surface area contributed by atoms with E-state index < -0.39 is 10.9 Å². The Hall–Kier alpha value is -3.46. The molecule has 10 heteroatoms. The maximum absolute atomic E-state index is 11.7. The Morgan fingerprint density at radius 3 is 2.70 bits per heavy atom. The monoisotopic (exact) mass is 389 g/mol. The van der Waals surface area contributed by atoms with E-state index in [9.17, 15) is 14.9 Å². The molecule has 1 heterocycles. The number of nitro groups is 1. The van der Waals surface area contributed by atoms with E-state index in [0.29, 0.717) is 22.2 Å². The van der Waals surface area contributed by atoms with Crippen molar-refractivity contribution in [2.24, 2.45) is 0 Å². The third-order valence-electron chi connectivity index (χ3n) is 3.31. The van der Waals surface area contributed by atoms with Crippen LogP contribution in [0.25, 0.3) is 11.4 Å². The van der Waals surface area contributed by atoms with Crippen molar-refractivity contribution in [3.63, 3.8) is 0 Å². The molecule has 0 saturated heterocycles. The molecule has 0 aliphatic heterocycles. The first-order valence-electron chi connectivity index (χ1n) is 7.62. The lowest BCUT2D eigenvalue weighted by Crippen LogP contribution is -2.14. The molecular formula is C17H12ClN3O6. The Bertz CT molecular complexity index is 957. The molecule has 0 aliphatic carbocycles. The normalized spacial score (nSPS) is 10.4. The average molecular weight is 390 g/mol. The van der Waals surface area contributed by atoms with Crippen LogP contribution in [0.4, 0.5) is 5.69 Å². The van der Waals surface area contributed by atoms with E-state index in [1.54, 1.807) is 24.3 Å². The lowest BCUT2D eigenvalue weighted by molar-refractivity contribution is -0.384. The second-order valence-electron chi connectivity index (χ2n) is 5.22. The van der Waals surface area contributed by atoms with Crippen molar-refractivity contribution in [1.82, 2.24) is 10.1 Å². The largest absolute Gasteiger partial charge is 0.482 e. The van der Waals surface area contributed by atoms with Crippen LogP contribution in [0.15, 0.2) is 53.1 Å². The number of esters is 1. The number of benzene rings is 2. The van der Waals surface area contributed by atoms with Crippen molar-refractivity contribution in [3.05, 3.63) is 69.6 Å². The van der Waals surface area contributed by atoms with Crippen molar-refractivity contribution >= 4 is 23.3 Å². The van der Waals surface area contributed by atoms with Gasteiger partial charge >= 0.3 is 5.97 Å². The van der Waals surface area contributed by atoms with Crippen molar-refractivity contribution in [2.45, 2.75) is 6.61 Å². The summed E-state index contributed by atoms with van der Waals surface area (Å²) in [5.74, 6) is 0.0915. The number of nitro benzene ring substituents is 1. The van der Waals surface area contributed by atoms with Gasteiger partial charge in [-0.3, -0.25) is 10.1 Å². The maximum Gasteiger partial charge on any atom is 0.344 e. The highest BCUT2D eigenvalue weighted by Crippen LogP contribution is 2.20. The standard InChI is InChI=1S/C17H12ClN3O6/c18-12-3-1-2-11(8-12)17-19-15(27-20-17)9-26-16(22)10-25-14-6-4-13(5-7-14)21(23)24/h1-8H,9-10H2. The molecular weight excluding hydrogens is 378 g/mol. The Morgan fingerprint density at radius 1 is 1.22 bits per heavy atom. The molecule has 2 aromatic carbocycles. The van der Waals surface area contributed by atoms with Crippen LogP contribution in [0, 0.1) is 10.1 Å². The number of carbonyl (C=O) groups is 1. The molecule has 0 atom stereocenters. The van der Waals surface area contributed by atoms with Gasteiger partial charge in [0.25, 0.3) is 11.6 Å². The Balaban J connectivity index is 1.48. The fraction of sp³-hybridized carbons (Fsp3) is 0.118. The first-order chi connectivity index (χ1) is 13.0. The van der Waals surface area contributed by atoms with E-state index in [1.165, 1.54) is 24.3 Å². The molecule has 0 N–H and O–H groups in total. The molecule has 27 heavy (non-hydrogen) atoms. The zero-order valence-electron chi connectivity index (χ0n) is 13.7. The lowest BCUT2D eigenvalue weighted by atomic mass is 10.2. The molecule has 0 bridgehead atoms. The minimum atomic E-state index is -0.657. The van der Waals surface area contributed by atoms with Crippen LogP contribution in [0.1, 0.15) is 5.89 Å². The summed E-state index contributed by atoms with van der Waals surface area (Å²) in [4.78, 5) is 25.9. The smallest absolute Gasteiger partial charge is 0.344 e. The highest BCUT2D eigenvalue weighted by Gasteiger charge is 2.12. The van der Waals surface area contributed by atoms with Gasteiger partial charge in [0.15, 0.2) is 13.2 Å².